The molecule has 8 heteroatoms. The van der Waals surface area contributed by atoms with E-state index in [9.17, 15) is 4.79 Å². The van der Waals surface area contributed by atoms with Crippen molar-refractivity contribution in [1.29, 1.82) is 0 Å². The first-order valence-corrected chi connectivity index (χ1v) is 8.12. The van der Waals surface area contributed by atoms with Crippen LogP contribution < -0.4 is 14.4 Å². The highest BCUT2D eigenvalue weighted by Crippen LogP contribution is 2.17. The first-order valence-electron chi connectivity index (χ1n) is 8.12. The van der Waals surface area contributed by atoms with E-state index >= 15 is 0 Å². The number of nitrogens with zero attached hydrogens (tertiary/aromatic N) is 5. The zero-order valence-electron chi connectivity index (χ0n) is 14.4. The maximum atomic E-state index is 12.7. The molecule has 0 atom stereocenters. The molecular weight excluding hydrogens is 322 g/mol. The van der Waals surface area contributed by atoms with E-state index in [1.54, 1.807) is 44.8 Å². The average Bonchev–Trinajstić information content (AvgIpc) is 2.93. The second-order valence-corrected chi connectivity index (χ2v) is 5.61. The molecular formula is C17H21N5O3. The van der Waals surface area contributed by atoms with E-state index in [1.165, 1.54) is 0 Å². The summed E-state index contributed by atoms with van der Waals surface area (Å²) in [5.74, 6) is 1.68. The largest absolute Gasteiger partial charge is 0.497 e. The summed E-state index contributed by atoms with van der Waals surface area (Å²) in [7, 11) is 3.15. The number of pyridine rings is 1. The van der Waals surface area contributed by atoms with Gasteiger partial charge in [0, 0.05) is 50.7 Å². The Morgan fingerprint density at radius 2 is 1.88 bits per heavy atom. The number of hydrogen-bond donors (Lipinski definition) is 0. The summed E-state index contributed by atoms with van der Waals surface area (Å²) < 4.78 is 10.3. The first-order chi connectivity index (χ1) is 12.2. The van der Waals surface area contributed by atoms with E-state index in [1.807, 2.05) is 4.90 Å². The fourth-order valence-electron chi connectivity index (χ4n) is 2.74. The van der Waals surface area contributed by atoms with E-state index in [4.69, 9.17) is 9.47 Å². The van der Waals surface area contributed by atoms with Gasteiger partial charge in [0.15, 0.2) is 0 Å². The van der Waals surface area contributed by atoms with Gasteiger partial charge in [-0.3, -0.25) is 9.78 Å². The third-order valence-corrected chi connectivity index (χ3v) is 4.08. The minimum atomic E-state index is -0.0905. The van der Waals surface area contributed by atoms with Gasteiger partial charge in [-0.05, 0) is 12.5 Å². The Labute approximate surface area is 146 Å². The number of carbonyl (C=O) groups is 1. The van der Waals surface area contributed by atoms with Crippen LogP contribution in [0.5, 0.6) is 11.6 Å². The van der Waals surface area contributed by atoms with Crippen molar-refractivity contribution in [3.63, 3.8) is 0 Å². The fraction of sp³-hybridized carbons (Fsp3) is 0.412. The van der Waals surface area contributed by atoms with Crippen molar-refractivity contribution in [2.75, 3.05) is 45.3 Å². The molecule has 0 N–H and O–H groups in total. The Kier molecular flexibility index (Phi) is 5.27. The summed E-state index contributed by atoms with van der Waals surface area (Å²) in [5, 5.41) is 0. The molecule has 0 saturated carbocycles. The smallest absolute Gasteiger partial charge is 0.272 e. The number of rotatable bonds is 4. The molecule has 1 aliphatic heterocycles. The van der Waals surface area contributed by atoms with Gasteiger partial charge in [0.2, 0.25) is 11.8 Å². The van der Waals surface area contributed by atoms with Crippen LogP contribution in [0.2, 0.25) is 0 Å². The van der Waals surface area contributed by atoms with E-state index < -0.39 is 0 Å². The van der Waals surface area contributed by atoms with Crippen molar-refractivity contribution in [2.24, 2.45) is 0 Å². The molecule has 8 nitrogen and oxygen atoms in total. The summed E-state index contributed by atoms with van der Waals surface area (Å²) in [6.07, 6.45) is 4.09. The van der Waals surface area contributed by atoms with E-state index in [0.29, 0.717) is 42.9 Å². The van der Waals surface area contributed by atoms with Crippen LogP contribution in [0.15, 0.2) is 30.6 Å². The van der Waals surface area contributed by atoms with Gasteiger partial charge in [-0.2, -0.15) is 4.98 Å². The molecule has 3 heterocycles. The van der Waals surface area contributed by atoms with Crippen LogP contribution in [0.25, 0.3) is 0 Å². The Morgan fingerprint density at radius 3 is 2.68 bits per heavy atom. The fourth-order valence-corrected chi connectivity index (χ4v) is 2.74. The molecule has 3 rings (SSSR count). The highest BCUT2D eigenvalue weighted by molar-refractivity contribution is 5.92. The van der Waals surface area contributed by atoms with Gasteiger partial charge in [-0.15, -0.1) is 0 Å². The molecule has 1 amide bonds. The average molecular weight is 343 g/mol. The Hall–Kier alpha value is -2.90. The highest BCUT2D eigenvalue weighted by Gasteiger charge is 2.22. The van der Waals surface area contributed by atoms with Crippen molar-refractivity contribution < 1.29 is 14.3 Å². The lowest BCUT2D eigenvalue weighted by atomic mass is 10.3. The van der Waals surface area contributed by atoms with Crippen LogP contribution in [-0.4, -0.2) is 66.2 Å². The van der Waals surface area contributed by atoms with Crippen molar-refractivity contribution in [3.05, 3.63) is 36.3 Å². The predicted molar refractivity (Wildman–Crippen MR) is 92.1 cm³/mol. The van der Waals surface area contributed by atoms with Gasteiger partial charge >= 0.3 is 0 Å². The lowest BCUT2D eigenvalue weighted by Gasteiger charge is -2.22. The number of amides is 1. The molecule has 2 aromatic rings. The second kappa shape index (κ2) is 7.78. The van der Waals surface area contributed by atoms with Crippen molar-refractivity contribution in [1.82, 2.24) is 19.9 Å². The predicted octanol–water partition coefficient (Wildman–Crippen LogP) is 1.24. The van der Waals surface area contributed by atoms with Crippen molar-refractivity contribution in [3.8, 4) is 11.6 Å². The van der Waals surface area contributed by atoms with Crippen LogP contribution in [0.4, 0.5) is 5.95 Å². The van der Waals surface area contributed by atoms with Gasteiger partial charge in [-0.1, -0.05) is 0 Å². The number of ether oxygens (including phenoxy) is 2. The molecule has 0 spiro atoms. The van der Waals surface area contributed by atoms with Crippen LogP contribution >= 0.6 is 0 Å². The molecule has 0 aliphatic carbocycles. The highest BCUT2D eigenvalue weighted by atomic mass is 16.5. The topological polar surface area (TPSA) is 80.7 Å². The molecule has 0 radical (unpaired) electrons. The number of anilines is 1. The maximum Gasteiger partial charge on any atom is 0.272 e. The Bertz CT molecular complexity index is 740. The monoisotopic (exact) mass is 343 g/mol. The Balaban J connectivity index is 1.69. The normalized spacial score (nSPS) is 14.8. The molecule has 2 aromatic heterocycles. The minimum absolute atomic E-state index is 0.0905. The second-order valence-electron chi connectivity index (χ2n) is 5.61. The molecule has 0 bridgehead atoms. The molecule has 25 heavy (non-hydrogen) atoms. The van der Waals surface area contributed by atoms with Gasteiger partial charge in [0.05, 0.1) is 14.2 Å². The third-order valence-electron chi connectivity index (χ3n) is 4.08. The van der Waals surface area contributed by atoms with E-state index in [2.05, 4.69) is 19.9 Å². The lowest BCUT2D eigenvalue weighted by Crippen LogP contribution is -2.36. The van der Waals surface area contributed by atoms with E-state index in [-0.39, 0.29) is 5.91 Å². The number of hydrogen-bond acceptors (Lipinski definition) is 7. The summed E-state index contributed by atoms with van der Waals surface area (Å²) in [6.45, 7) is 2.68. The van der Waals surface area contributed by atoms with Gasteiger partial charge in [0.25, 0.3) is 5.91 Å². The molecule has 1 aliphatic rings. The number of aromatic nitrogens is 3. The molecule has 132 valence electrons. The minimum Gasteiger partial charge on any atom is -0.497 e. The molecule has 1 saturated heterocycles. The molecule has 0 unspecified atom stereocenters. The van der Waals surface area contributed by atoms with Crippen LogP contribution in [-0.2, 0) is 0 Å². The maximum absolute atomic E-state index is 12.7. The van der Waals surface area contributed by atoms with E-state index in [0.717, 1.165) is 13.0 Å². The number of methoxy groups -OCH3 is 2. The molecule has 0 aromatic carbocycles. The number of carbonyl (C=O) groups excluding carboxylic acids is 1. The quantitative estimate of drug-likeness (QED) is 0.826. The van der Waals surface area contributed by atoms with Gasteiger partial charge < -0.3 is 19.3 Å². The lowest BCUT2D eigenvalue weighted by molar-refractivity contribution is 0.0760. The SMILES string of the molecule is COc1ccnc(C(=O)N2CCCN(c3nccc(OC)n3)CC2)c1. The Morgan fingerprint density at radius 1 is 1.04 bits per heavy atom. The summed E-state index contributed by atoms with van der Waals surface area (Å²) in [6, 6.07) is 5.10. The van der Waals surface area contributed by atoms with Crippen molar-refractivity contribution in [2.45, 2.75) is 6.42 Å². The standard InChI is InChI=1S/C17H21N5O3/c1-24-13-4-6-18-14(12-13)16(23)21-8-3-9-22(11-10-21)17-19-7-5-15(20-17)25-2/h4-7,12H,3,8-11H2,1-2H3. The zero-order valence-corrected chi connectivity index (χ0v) is 14.4. The molecule has 1 fully saturated rings. The van der Waals surface area contributed by atoms with Crippen molar-refractivity contribution >= 4 is 11.9 Å². The summed E-state index contributed by atoms with van der Waals surface area (Å²) in [4.78, 5) is 29.4. The zero-order chi connectivity index (χ0) is 17.6. The van der Waals surface area contributed by atoms with Crippen LogP contribution in [0, 0.1) is 0 Å². The van der Waals surface area contributed by atoms with Gasteiger partial charge in [-0.25, -0.2) is 4.98 Å². The van der Waals surface area contributed by atoms with Crippen LogP contribution in [0.3, 0.4) is 0 Å². The summed E-state index contributed by atoms with van der Waals surface area (Å²) in [5.41, 5.74) is 0.394. The van der Waals surface area contributed by atoms with Gasteiger partial charge in [0.1, 0.15) is 11.4 Å². The summed E-state index contributed by atoms with van der Waals surface area (Å²) >= 11 is 0. The first kappa shape index (κ1) is 16.9. The third kappa shape index (κ3) is 3.96. The van der Waals surface area contributed by atoms with Crippen LogP contribution in [0.1, 0.15) is 16.9 Å².